The Morgan fingerprint density at radius 2 is 2.08 bits per heavy atom. The second-order valence-corrected chi connectivity index (χ2v) is 14.5. The molecular weight excluding hydrogens is 434 g/mol. The Balaban J connectivity index is 2.15. The maximum absolute atomic E-state index is 12.0. The third-order valence-electron chi connectivity index (χ3n) is 3.97. The molecule has 26 heavy (non-hydrogen) atoms. The molecule has 1 aromatic heterocycles. The summed E-state index contributed by atoms with van der Waals surface area (Å²) in [4.78, 5) is 12.0. The minimum absolute atomic E-state index is 0.0310. The van der Waals surface area contributed by atoms with Crippen molar-refractivity contribution in [2.75, 3.05) is 18.5 Å². The number of benzene rings is 1. The van der Waals surface area contributed by atoms with Gasteiger partial charge in [-0.05, 0) is 40.5 Å². The Morgan fingerprint density at radius 1 is 1.35 bits per heavy atom. The van der Waals surface area contributed by atoms with E-state index in [9.17, 15) is 4.79 Å². The minimum Gasteiger partial charge on any atom is -0.380 e. The van der Waals surface area contributed by atoms with E-state index in [2.05, 4.69) is 46.0 Å². The molecule has 1 heterocycles. The number of fused-ring (bicyclic) bond motifs is 1. The molecule has 0 fully saturated rings. The van der Waals surface area contributed by atoms with Crippen molar-refractivity contribution >= 4 is 58.2 Å². The highest BCUT2D eigenvalue weighted by Crippen LogP contribution is 2.32. The Morgan fingerprint density at radius 3 is 2.73 bits per heavy atom. The lowest BCUT2D eigenvalue weighted by Gasteiger charge is -2.15. The van der Waals surface area contributed by atoms with E-state index in [0.717, 1.165) is 34.4 Å². The molecule has 0 saturated carbocycles. The van der Waals surface area contributed by atoms with Crippen LogP contribution in [0.4, 0.5) is 5.82 Å². The number of hydrogen-bond acceptors (Lipinski definition) is 3. The highest BCUT2D eigenvalue weighted by molar-refractivity contribution is 9.10. The van der Waals surface area contributed by atoms with Gasteiger partial charge < -0.3 is 10.1 Å². The summed E-state index contributed by atoms with van der Waals surface area (Å²) in [6.07, 6.45) is 1.27. The van der Waals surface area contributed by atoms with E-state index in [-0.39, 0.29) is 5.91 Å². The van der Waals surface area contributed by atoms with Crippen LogP contribution in [-0.4, -0.2) is 37.0 Å². The minimum atomic E-state index is -1.08. The van der Waals surface area contributed by atoms with Gasteiger partial charge in [0.15, 0.2) is 5.82 Å². The van der Waals surface area contributed by atoms with Crippen LogP contribution in [0.1, 0.15) is 19.8 Å². The van der Waals surface area contributed by atoms with E-state index < -0.39 is 8.07 Å². The number of carbonyl (C=O) groups is 1. The van der Waals surface area contributed by atoms with Crippen LogP contribution in [0.25, 0.3) is 10.9 Å². The number of nitrogens with one attached hydrogen (secondary N) is 1. The number of rotatable bonds is 9. The number of nitrogens with zero attached hydrogens (tertiary/aromatic N) is 2. The first kappa shape index (κ1) is 21.4. The van der Waals surface area contributed by atoms with Crippen molar-refractivity contribution in [3.63, 3.8) is 0 Å². The molecule has 0 aliphatic rings. The summed E-state index contributed by atoms with van der Waals surface area (Å²) >= 11 is 9.70. The molecule has 0 aliphatic heterocycles. The Hall–Kier alpha value is -0.893. The summed E-state index contributed by atoms with van der Waals surface area (Å²) < 4.78 is 8.42. The topological polar surface area (TPSA) is 56.2 Å². The second-order valence-electron chi connectivity index (χ2n) is 7.58. The lowest BCUT2D eigenvalue weighted by Crippen LogP contribution is -2.22. The largest absolute Gasteiger partial charge is 0.380 e. The Bertz CT molecular complexity index is 774. The lowest BCUT2D eigenvalue weighted by molar-refractivity contribution is -0.116. The van der Waals surface area contributed by atoms with Crippen molar-refractivity contribution in [3.05, 3.63) is 21.6 Å². The molecule has 0 unspecified atom stereocenters. The highest BCUT2D eigenvalue weighted by atomic mass is 79.9. The molecule has 1 N–H and O–H groups in total. The van der Waals surface area contributed by atoms with Gasteiger partial charge in [-0.3, -0.25) is 9.48 Å². The van der Waals surface area contributed by atoms with Crippen molar-refractivity contribution in [1.29, 1.82) is 0 Å². The predicted octanol–water partition coefficient (Wildman–Crippen LogP) is 5.55. The molecule has 144 valence electrons. The maximum atomic E-state index is 12.0. The van der Waals surface area contributed by atoms with Crippen molar-refractivity contribution < 1.29 is 9.53 Å². The van der Waals surface area contributed by atoms with Crippen LogP contribution in [0.15, 0.2) is 16.6 Å². The van der Waals surface area contributed by atoms with Crippen molar-refractivity contribution in [1.82, 2.24) is 9.78 Å². The molecule has 8 heteroatoms. The smallest absolute Gasteiger partial charge is 0.225 e. The molecule has 0 spiro atoms. The number of anilines is 1. The molecule has 2 aromatic rings. The quantitative estimate of drug-likeness (QED) is 0.394. The standard InChI is InChI=1S/C18H27BrClN3O2Si/c1-5-6-17(24)21-18-13-11-14(19)15(20)12-16(13)23(22-18)7-8-25-9-10-26(2,3)4/h11-12H,5-10H2,1-4H3,(H,21,22,24). The summed E-state index contributed by atoms with van der Waals surface area (Å²) in [7, 11) is -1.08. The molecule has 1 aromatic carbocycles. The summed E-state index contributed by atoms with van der Waals surface area (Å²) in [5, 5.41) is 8.96. The van der Waals surface area contributed by atoms with Crippen LogP contribution in [0.5, 0.6) is 0 Å². The predicted molar refractivity (Wildman–Crippen MR) is 115 cm³/mol. The fourth-order valence-corrected chi connectivity index (χ4v) is 3.74. The van der Waals surface area contributed by atoms with Gasteiger partial charge in [-0.15, -0.1) is 0 Å². The van der Waals surface area contributed by atoms with Gasteiger partial charge >= 0.3 is 0 Å². The van der Waals surface area contributed by atoms with E-state index in [1.54, 1.807) is 0 Å². The summed E-state index contributed by atoms with van der Waals surface area (Å²) in [6, 6.07) is 4.91. The van der Waals surface area contributed by atoms with Gasteiger partial charge in [0.1, 0.15) is 0 Å². The average Bonchev–Trinajstić information content (AvgIpc) is 2.84. The second kappa shape index (κ2) is 9.35. The molecule has 0 radical (unpaired) electrons. The summed E-state index contributed by atoms with van der Waals surface area (Å²) in [5.41, 5.74) is 0.888. The highest BCUT2D eigenvalue weighted by Gasteiger charge is 2.16. The zero-order valence-electron chi connectivity index (χ0n) is 15.9. The van der Waals surface area contributed by atoms with E-state index in [0.29, 0.717) is 30.4 Å². The van der Waals surface area contributed by atoms with Gasteiger partial charge in [0.25, 0.3) is 0 Å². The summed E-state index contributed by atoms with van der Waals surface area (Å²) in [6.45, 7) is 11.0. The molecule has 0 atom stereocenters. The van der Waals surface area contributed by atoms with Crippen molar-refractivity contribution in [2.24, 2.45) is 0 Å². The zero-order valence-corrected chi connectivity index (χ0v) is 19.2. The number of ether oxygens (including phenoxy) is 1. The van der Waals surface area contributed by atoms with Crippen LogP contribution < -0.4 is 5.32 Å². The van der Waals surface area contributed by atoms with Gasteiger partial charge in [0.05, 0.1) is 23.7 Å². The number of halogens is 2. The normalized spacial score (nSPS) is 11.9. The zero-order chi connectivity index (χ0) is 19.3. The number of amides is 1. The third-order valence-corrected chi connectivity index (χ3v) is 6.87. The molecule has 0 bridgehead atoms. The molecule has 5 nitrogen and oxygen atoms in total. The molecule has 1 amide bonds. The van der Waals surface area contributed by atoms with Crippen LogP contribution in [0.2, 0.25) is 30.7 Å². The van der Waals surface area contributed by atoms with E-state index >= 15 is 0 Å². The van der Waals surface area contributed by atoms with E-state index in [1.807, 2.05) is 23.7 Å². The van der Waals surface area contributed by atoms with Gasteiger partial charge in [-0.2, -0.15) is 5.10 Å². The van der Waals surface area contributed by atoms with E-state index in [4.69, 9.17) is 16.3 Å². The first-order chi connectivity index (χ1) is 12.2. The molecule has 0 aliphatic carbocycles. The Kier molecular flexibility index (Phi) is 7.70. The Labute approximate surface area is 169 Å². The van der Waals surface area contributed by atoms with Gasteiger partial charge in [0, 0.05) is 31.0 Å². The number of hydrogen-bond donors (Lipinski definition) is 1. The van der Waals surface area contributed by atoms with Crippen LogP contribution in [-0.2, 0) is 16.1 Å². The van der Waals surface area contributed by atoms with Gasteiger partial charge in [-0.1, -0.05) is 38.2 Å². The lowest BCUT2D eigenvalue weighted by atomic mass is 10.2. The first-order valence-electron chi connectivity index (χ1n) is 8.94. The SMILES string of the molecule is CCCC(=O)Nc1nn(CCOCC[Si](C)(C)C)c2cc(Cl)c(Br)cc12. The average molecular weight is 461 g/mol. The van der Waals surface area contributed by atoms with Crippen LogP contribution in [0, 0.1) is 0 Å². The third kappa shape index (κ3) is 6.08. The maximum Gasteiger partial charge on any atom is 0.225 e. The van der Waals surface area contributed by atoms with Crippen molar-refractivity contribution in [3.8, 4) is 0 Å². The van der Waals surface area contributed by atoms with Crippen LogP contribution >= 0.6 is 27.5 Å². The first-order valence-corrected chi connectivity index (χ1v) is 13.8. The molecule has 2 rings (SSSR count). The molecule has 0 saturated heterocycles. The molecular formula is C18H27BrClN3O2Si. The number of carbonyl (C=O) groups excluding carboxylic acids is 1. The summed E-state index contributed by atoms with van der Waals surface area (Å²) in [5.74, 6) is 0.537. The van der Waals surface area contributed by atoms with Crippen LogP contribution in [0.3, 0.4) is 0 Å². The van der Waals surface area contributed by atoms with Crippen molar-refractivity contribution in [2.45, 2.75) is 52.0 Å². The van der Waals surface area contributed by atoms with Gasteiger partial charge in [0.2, 0.25) is 5.91 Å². The van der Waals surface area contributed by atoms with E-state index in [1.165, 1.54) is 0 Å². The fourth-order valence-electron chi connectivity index (χ4n) is 2.48. The fraction of sp³-hybridized carbons (Fsp3) is 0.556. The number of aromatic nitrogens is 2. The van der Waals surface area contributed by atoms with Gasteiger partial charge in [-0.25, -0.2) is 0 Å². The monoisotopic (exact) mass is 459 g/mol.